The highest BCUT2D eigenvalue weighted by Gasteiger charge is 2.33. The Balaban J connectivity index is 2.38. The number of carboxylic acid groups (broad SMARTS) is 1. The van der Waals surface area contributed by atoms with E-state index in [1.54, 1.807) is 6.20 Å². The number of hydrogen-bond donors (Lipinski definition) is 2. The molecule has 4 heteroatoms. The molecule has 4 nitrogen and oxygen atoms in total. The molecule has 0 fully saturated rings. The van der Waals surface area contributed by atoms with Crippen LogP contribution >= 0.6 is 0 Å². The smallest absolute Gasteiger partial charge is 0.339 e. The van der Waals surface area contributed by atoms with Gasteiger partial charge in [-0.25, -0.2) is 9.78 Å². The van der Waals surface area contributed by atoms with Crippen LogP contribution in [0.2, 0.25) is 0 Å². The largest absolute Gasteiger partial charge is 0.478 e. The van der Waals surface area contributed by atoms with Gasteiger partial charge >= 0.3 is 5.97 Å². The number of aromatic carboxylic acids is 1. The minimum absolute atomic E-state index is 0.138. The van der Waals surface area contributed by atoms with Gasteiger partial charge in [-0.1, -0.05) is 27.2 Å². The van der Waals surface area contributed by atoms with Crippen LogP contribution in [0.4, 0.5) is 5.82 Å². The van der Waals surface area contributed by atoms with Crippen molar-refractivity contribution in [1.29, 1.82) is 0 Å². The highest BCUT2D eigenvalue weighted by atomic mass is 16.4. The number of fused-ring (bicyclic) bond motifs is 1. The lowest BCUT2D eigenvalue weighted by atomic mass is 9.68. The van der Waals surface area contributed by atoms with Gasteiger partial charge in [-0.2, -0.15) is 0 Å². The van der Waals surface area contributed by atoms with Gasteiger partial charge in [0.2, 0.25) is 0 Å². The molecule has 0 bridgehead atoms. The van der Waals surface area contributed by atoms with Crippen molar-refractivity contribution in [1.82, 2.24) is 4.98 Å². The molecule has 0 spiro atoms. The number of hydrogen-bond acceptors (Lipinski definition) is 3. The summed E-state index contributed by atoms with van der Waals surface area (Å²) >= 11 is 0. The molecule has 104 valence electrons. The highest BCUT2D eigenvalue weighted by molar-refractivity contribution is 5.94. The van der Waals surface area contributed by atoms with Gasteiger partial charge in [-0.3, -0.25) is 0 Å². The molecule has 0 radical (unpaired) electrons. The first-order valence-corrected chi connectivity index (χ1v) is 6.86. The van der Waals surface area contributed by atoms with E-state index in [0.29, 0.717) is 5.92 Å². The van der Waals surface area contributed by atoms with Crippen LogP contribution < -0.4 is 5.73 Å². The van der Waals surface area contributed by atoms with Crippen molar-refractivity contribution < 1.29 is 9.90 Å². The molecule has 0 saturated carbocycles. The number of aromatic nitrogens is 1. The summed E-state index contributed by atoms with van der Waals surface area (Å²) in [6.45, 7) is 6.77. The molecular weight excluding hydrogens is 240 g/mol. The maximum absolute atomic E-state index is 11.3. The Morgan fingerprint density at radius 3 is 2.84 bits per heavy atom. The van der Waals surface area contributed by atoms with Gasteiger partial charge in [0.15, 0.2) is 0 Å². The molecule has 1 atom stereocenters. The Labute approximate surface area is 114 Å². The van der Waals surface area contributed by atoms with Gasteiger partial charge in [0.1, 0.15) is 11.4 Å². The van der Waals surface area contributed by atoms with Crippen molar-refractivity contribution in [3.8, 4) is 0 Å². The number of carbonyl (C=O) groups is 1. The number of nitrogens with zero attached hydrogens (tertiary/aromatic N) is 1. The van der Waals surface area contributed by atoms with Gasteiger partial charge < -0.3 is 10.8 Å². The molecule has 1 unspecified atom stereocenters. The third-order valence-electron chi connectivity index (χ3n) is 4.74. The van der Waals surface area contributed by atoms with Crippen LogP contribution in [-0.2, 0) is 12.8 Å². The number of nitrogens with two attached hydrogens (primary N) is 1. The molecule has 0 aromatic carbocycles. The lowest BCUT2D eigenvalue weighted by Gasteiger charge is -2.37. The molecule has 0 aliphatic heterocycles. The fourth-order valence-corrected chi connectivity index (χ4v) is 2.95. The first kappa shape index (κ1) is 13.8. The normalized spacial score (nSPS) is 19.0. The Morgan fingerprint density at radius 1 is 1.58 bits per heavy atom. The summed E-state index contributed by atoms with van der Waals surface area (Å²) < 4.78 is 0. The first-order chi connectivity index (χ1) is 8.86. The number of anilines is 1. The predicted octanol–water partition coefficient (Wildman–Crippen LogP) is 2.90. The summed E-state index contributed by atoms with van der Waals surface area (Å²) in [5, 5.41) is 9.27. The van der Waals surface area contributed by atoms with Crippen LogP contribution in [0.15, 0.2) is 6.20 Å². The van der Waals surface area contributed by atoms with E-state index in [0.717, 1.165) is 36.8 Å². The summed E-state index contributed by atoms with van der Waals surface area (Å²) in [6.07, 6.45) is 5.61. The molecule has 1 aliphatic carbocycles. The second kappa shape index (κ2) is 4.83. The van der Waals surface area contributed by atoms with E-state index < -0.39 is 5.97 Å². The Hall–Kier alpha value is -1.58. The van der Waals surface area contributed by atoms with E-state index in [9.17, 15) is 9.90 Å². The van der Waals surface area contributed by atoms with Gasteiger partial charge in [0, 0.05) is 6.20 Å². The topological polar surface area (TPSA) is 76.2 Å². The third-order valence-corrected chi connectivity index (χ3v) is 4.74. The summed E-state index contributed by atoms with van der Waals surface area (Å²) in [4.78, 5) is 15.4. The average molecular weight is 262 g/mol. The van der Waals surface area contributed by atoms with E-state index in [1.807, 2.05) is 0 Å². The van der Waals surface area contributed by atoms with E-state index in [4.69, 9.17) is 5.73 Å². The number of nitrogen functional groups attached to an aromatic ring is 1. The van der Waals surface area contributed by atoms with Crippen molar-refractivity contribution in [3.05, 3.63) is 22.9 Å². The molecule has 3 N–H and O–H groups in total. The lowest BCUT2D eigenvalue weighted by molar-refractivity contribution is 0.0695. The van der Waals surface area contributed by atoms with Gasteiger partial charge in [-0.05, 0) is 41.7 Å². The summed E-state index contributed by atoms with van der Waals surface area (Å²) in [5.41, 5.74) is 8.15. The monoisotopic (exact) mass is 262 g/mol. The lowest BCUT2D eigenvalue weighted by Crippen LogP contribution is -2.30. The van der Waals surface area contributed by atoms with Gasteiger partial charge in [0.25, 0.3) is 0 Å². The molecule has 0 saturated heterocycles. The second-order valence-electron chi connectivity index (χ2n) is 6.11. The maximum Gasteiger partial charge on any atom is 0.339 e. The maximum atomic E-state index is 11.3. The predicted molar refractivity (Wildman–Crippen MR) is 75.2 cm³/mol. The molecule has 0 amide bonds. The van der Waals surface area contributed by atoms with Crippen LogP contribution in [0.3, 0.4) is 0 Å². The molecule has 2 rings (SSSR count). The van der Waals surface area contributed by atoms with Crippen LogP contribution in [0.25, 0.3) is 0 Å². The van der Waals surface area contributed by atoms with Crippen molar-refractivity contribution in [2.45, 2.75) is 46.5 Å². The SMILES string of the molecule is CCC(C)(C)C1CCc2c(cnc(N)c2C(=O)O)C1. The third kappa shape index (κ3) is 2.44. The molecule has 19 heavy (non-hydrogen) atoms. The molecule has 1 aromatic rings. The van der Waals surface area contributed by atoms with Gasteiger partial charge in [-0.15, -0.1) is 0 Å². The number of pyridine rings is 1. The second-order valence-corrected chi connectivity index (χ2v) is 6.11. The van der Waals surface area contributed by atoms with E-state index in [1.165, 1.54) is 0 Å². The van der Waals surface area contributed by atoms with E-state index in [2.05, 4.69) is 25.8 Å². The number of carboxylic acids is 1. The van der Waals surface area contributed by atoms with Crippen molar-refractivity contribution in [2.24, 2.45) is 11.3 Å². The van der Waals surface area contributed by atoms with Crippen molar-refractivity contribution in [3.63, 3.8) is 0 Å². The summed E-state index contributed by atoms with van der Waals surface area (Å²) in [5.74, 6) is -0.244. The molecule has 1 heterocycles. The first-order valence-electron chi connectivity index (χ1n) is 6.86. The zero-order valence-corrected chi connectivity index (χ0v) is 11.9. The Kier molecular flexibility index (Phi) is 3.52. The van der Waals surface area contributed by atoms with Crippen LogP contribution in [0, 0.1) is 11.3 Å². The average Bonchev–Trinajstić information content (AvgIpc) is 2.37. The highest BCUT2D eigenvalue weighted by Crippen LogP contribution is 2.40. The quantitative estimate of drug-likeness (QED) is 0.878. The summed E-state index contributed by atoms with van der Waals surface area (Å²) in [7, 11) is 0. The minimum atomic E-state index is -0.963. The fourth-order valence-electron chi connectivity index (χ4n) is 2.95. The molecule has 1 aromatic heterocycles. The molecular formula is C15H22N2O2. The molecule has 1 aliphatic rings. The van der Waals surface area contributed by atoms with Crippen LogP contribution in [0.1, 0.15) is 55.1 Å². The van der Waals surface area contributed by atoms with E-state index in [-0.39, 0.29) is 16.8 Å². The zero-order chi connectivity index (χ0) is 14.2. The zero-order valence-electron chi connectivity index (χ0n) is 11.9. The fraction of sp³-hybridized carbons (Fsp3) is 0.600. The Bertz CT molecular complexity index is 509. The van der Waals surface area contributed by atoms with E-state index >= 15 is 0 Å². The van der Waals surface area contributed by atoms with Crippen molar-refractivity contribution >= 4 is 11.8 Å². The van der Waals surface area contributed by atoms with Crippen LogP contribution in [-0.4, -0.2) is 16.1 Å². The Morgan fingerprint density at radius 2 is 2.26 bits per heavy atom. The minimum Gasteiger partial charge on any atom is -0.478 e. The van der Waals surface area contributed by atoms with Crippen LogP contribution in [0.5, 0.6) is 0 Å². The summed E-state index contributed by atoms with van der Waals surface area (Å²) in [6, 6.07) is 0. The number of rotatable bonds is 3. The van der Waals surface area contributed by atoms with Crippen molar-refractivity contribution in [2.75, 3.05) is 5.73 Å². The van der Waals surface area contributed by atoms with Gasteiger partial charge in [0.05, 0.1) is 0 Å². The standard InChI is InChI=1S/C15H22N2O2/c1-4-15(2,3)10-5-6-11-9(7-10)8-17-13(16)12(11)14(18)19/h8,10H,4-7H2,1-3H3,(H2,16,17)(H,18,19).